The highest BCUT2D eigenvalue weighted by molar-refractivity contribution is 7.92. The third-order valence-corrected chi connectivity index (χ3v) is 3.75. The molecule has 17 heavy (non-hydrogen) atoms. The molecule has 6 nitrogen and oxygen atoms in total. The second-order valence-electron chi connectivity index (χ2n) is 3.33. The average molecular weight is 273 g/mol. The summed E-state index contributed by atoms with van der Waals surface area (Å²) in [6.45, 7) is 1.63. The standard InChI is InChI=1S/C9H9ClN4O2S/c1-6-8(5-12-13-6)17(15,16)14-7-2-3-11-9(10)4-7/h2-5H,1H3,(H,11,14)(H,12,13). The van der Waals surface area contributed by atoms with Crippen LogP contribution < -0.4 is 4.72 Å². The summed E-state index contributed by atoms with van der Waals surface area (Å²) in [4.78, 5) is 3.86. The summed E-state index contributed by atoms with van der Waals surface area (Å²) in [5, 5.41) is 6.45. The molecule has 0 fully saturated rings. The zero-order valence-electron chi connectivity index (χ0n) is 8.81. The molecule has 0 bridgehead atoms. The van der Waals surface area contributed by atoms with E-state index in [0.717, 1.165) is 0 Å². The Kier molecular flexibility index (Phi) is 3.03. The normalized spacial score (nSPS) is 11.4. The smallest absolute Gasteiger partial charge is 0.265 e. The third kappa shape index (κ3) is 2.56. The molecule has 2 N–H and O–H groups in total. The highest BCUT2D eigenvalue weighted by Crippen LogP contribution is 2.18. The largest absolute Gasteiger partial charge is 0.281 e. The fourth-order valence-electron chi connectivity index (χ4n) is 1.29. The molecule has 0 aromatic carbocycles. The SMILES string of the molecule is Cc1[nH]ncc1S(=O)(=O)Nc1ccnc(Cl)c1. The molecule has 0 aliphatic rings. The fourth-order valence-corrected chi connectivity index (χ4v) is 2.65. The fraction of sp³-hybridized carbons (Fsp3) is 0.111. The van der Waals surface area contributed by atoms with Crippen molar-refractivity contribution in [2.75, 3.05) is 4.72 Å². The van der Waals surface area contributed by atoms with Gasteiger partial charge in [0, 0.05) is 6.20 Å². The lowest BCUT2D eigenvalue weighted by Crippen LogP contribution is -2.13. The van der Waals surface area contributed by atoms with E-state index in [2.05, 4.69) is 19.9 Å². The van der Waals surface area contributed by atoms with Crippen molar-refractivity contribution in [2.24, 2.45) is 0 Å². The minimum absolute atomic E-state index is 0.102. The van der Waals surface area contributed by atoms with Gasteiger partial charge in [0.1, 0.15) is 10.0 Å². The van der Waals surface area contributed by atoms with Gasteiger partial charge < -0.3 is 0 Å². The molecular formula is C9H9ClN4O2S. The number of aromatic nitrogens is 3. The molecular weight excluding hydrogens is 264 g/mol. The van der Waals surface area contributed by atoms with E-state index in [1.807, 2.05) is 0 Å². The van der Waals surface area contributed by atoms with Crippen molar-refractivity contribution in [1.29, 1.82) is 0 Å². The van der Waals surface area contributed by atoms with Gasteiger partial charge in [-0.25, -0.2) is 13.4 Å². The molecule has 0 aliphatic carbocycles. The summed E-state index contributed by atoms with van der Waals surface area (Å²) >= 11 is 5.67. The minimum atomic E-state index is -3.65. The summed E-state index contributed by atoms with van der Waals surface area (Å²) in [5.74, 6) is 0. The first-order chi connectivity index (χ1) is 7.99. The molecule has 0 spiro atoms. The Morgan fingerprint density at radius 1 is 1.47 bits per heavy atom. The van der Waals surface area contributed by atoms with E-state index in [1.165, 1.54) is 24.5 Å². The van der Waals surface area contributed by atoms with Crippen LogP contribution in [0.25, 0.3) is 0 Å². The lowest BCUT2D eigenvalue weighted by molar-refractivity contribution is 0.600. The molecule has 0 saturated heterocycles. The zero-order chi connectivity index (χ0) is 12.5. The van der Waals surface area contributed by atoms with E-state index in [-0.39, 0.29) is 10.0 Å². The predicted octanol–water partition coefficient (Wildman–Crippen LogP) is 1.57. The van der Waals surface area contributed by atoms with E-state index >= 15 is 0 Å². The van der Waals surface area contributed by atoms with Crippen molar-refractivity contribution < 1.29 is 8.42 Å². The zero-order valence-corrected chi connectivity index (χ0v) is 10.4. The van der Waals surface area contributed by atoms with Crippen molar-refractivity contribution in [2.45, 2.75) is 11.8 Å². The van der Waals surface area contributed by atoms with Gasteiger partial charge in [-0.05, 0) is 19.1 Å². The summed E-state index contributed by atoms with van der Waals surface area (Å²) in [5.41, 5.74) is 0.822. The van der Waals surface area contributed by atoms with Crippen LogP contribution >= 0.6 is 11.6 Å². The number of sulfonamides is 1. The first kappa shape index (κ1) is 11.9. The van der Waals surface area contributed by atoms with Crippen molar-refractivity contribution in [3.63, 3.8) is 0 Å². The number of nitrogens with one attached hydrogen (secondary N) is 2. The second kappa shape index (κ2) is 4.34. The van der Waals surface area contributed by atoms with Crippen LogP contribution in [0.2, 0.25) is 5.15 Å². The monoisotopic (exact) mass is 272 g/mol. The molecule has 90 valence electrons. The van der Waals surface area contributed by atoms with E-state index < -0.39 is 10.0 Å². The average Bonchev–Trinajstić information content (AvgIpc) is 2.64. The summed E-state index contributed by atoms with van der Waals surface area (Å²) in [7, 11) is -3.65. The first-order valence-corrected chi connectivity index (χ1v) is 6.49. The van der Waals surface area contributed by atoms with Crippen LogP contribution in [0.5, 0.6) is 0 Å². The number of hydrogen-bond acceptors (Lipinski definition) is 4. The molecule has 8 heteroatoms. The van der Waals surface area contributed by atoms with E-state index in [0.29, 0.717) is 11.4 Å². The maximum atomic E-state index is 12.0. The number of H-pyrrole nitrogens is 1. The molecule has 2 aromatic rings. The van der Waals surface area contributed by atoms with Gasteiger partial charge in [-0.2, -0.15) is 5.10 Å². The van der Waals surface area contributed by atoms with Crippen LogP contribution in [0, 0.1) is 6.92 Å². The predicted molar refractivity (Wildman–Crippen MR) is 63.4 cm³/mol. The van der Waals surface area contributed by atoms with Gasteiger partial charge in [-0.1, -0.05) is 11.6 Å². The Morgan fingerprint density at radius 2 is 2.24 bits per heavy atom. The Balaban J connectivity index is 2.33. The number of anilines is 1. The lowest BCUT2D eigenvalue weighted by atomic mass is 10.4. The number of halogens is 1. The number of hydrogen-bond donors (Lipinski definition) is 2. The van der Waals surface area contributed by atoms with Gasteiger partial charge in [-0.3, -0.25) is 9.82 Å². The number of aryl methyl sites for hydroxylation is 1. The van der Waals surface area contributed by atoms with Crippen molar-refractivity contribution in [3.05, 3.63) is 35.4 Å². The van der Waals surface area contributed by atoms with Crippen LogP contribution in [0.15, 0.2) is 29.4 Å². The molecule has 0 aliphatic heterocycles. The topological polar surface area (TPSA) is 87.7 Å². The minimum Gasteiger partial charge on any atom is -0.281 e. The maximum Gasteiger partial charge on any atom is 0.265 e. The Bertz CT molecular complexity index is 638. The molecule has 0 saturated carbocycles. The molecule has 2 aromatic heterocycles. The third-order valence-electron chi connectivity index (χ3n) is 2.05. The molecule has 2 rings (SSSR count). The van der Waals surface area contributed by atoms with E-state index in [4.69, 9.17) is 11.6 Å². The summed E-state index contributed by atoms with van der Waals surface area (Å²) in [6.07, 6.45) is 2.67. The Labute approximate surface area is 103 Å². The maximum absolute atomic E-state index is 12.0. The van der Waals surface area contributed by atoms with Gasteiger partial charge in [-0.15, -0.1) is 0 Å². The van der Waals surface area contributed by atoms with E-state index in [9.17, 15) is 8.42 Å². The number of pyridine rings is 1. The molecule has 0 amide bonds. The van der Waals surface area contributed by atoms with Gasteiger partial charge in [0.2, 0.25) is 0 Å². The van der Waals surface area contributed by atoms with Crippen molar-refractivity contribution in [1.82, 2.24) is 15.2 Å². The first-order valence-electron chi connectivity index (χ1n) is 4.63. The number of nitrogens with zero attached hydrogens (tertiary/aromatic N) is 2. The van der Waals surface area contributed by atoms with E-state index in [1.54, 1.807) is 6.92 Å². The van der Waals surface area contributed by atoms with Crippen LogP contribution in [-0.2, 0) is 10.0 Å². The van der Waals surface area contributed by atoms with Crippen LogP contribution in [0.4, 0.5) is 5.69 Å². The molecule has 0 atom stereocenters. The summed E-state index contributed by atoms with van der Waals surface area (Å²) < 4.78 is 26.3. The Hall–Kier alpha value is -1.60. The quantitative estimate of drug-likeness (QED) is 0.830. The van der Waals surface area contributed by atoms with Crippen molar-refractivity contribution >= 4 is 27.3 Å². The molecule has 0 unspecified atom stereocenters. The second-order valence-corrected chi connectivity index (χ2v) is 5.37. The van der Waals surface area contributed by atoms with Gasteiger partial charge in [0.05, 0.1) is 17.6 Å². The molecule has 2 heterocycles. The number of aromatic amines is 1. The van der Waals surface area contributed by atoms with Crippen LogP contribution in [0.1, 0.15) is 5.69 Å². The number of rotatable bonds is 3. The highest BCUT2D eigenvalue weighted by atomic mass is 35.5. The summed E-state index contributed by atoms with van der Waals surface area (Å²) in [6, 6.07) is 2.94. The van der Waals surface area contributed by atoms with Crippen LogP contribution in [-0.4, -0.2) is 23.6 Å². The van der Waals surface area contributed by atoms with Crippen molar-refractivity contribution in [3.8, 4) is 0 Å². The highest BCUT2D eigenvalue weighted by Gasteiger charge is 2.18. The van der Waals surface area contributed by atoms with Crippen LogP contribution in [0.3, 0.4) is 0 Å². The lowest BCUT2D eigenvalue weighted by Gasteiger charge is -2.06. The van der Waals surface area contributed by atoms with Gasteiger partial charge in [0.15, 0.2) is 0 Å². The van der Waals surface area contributed by atoms with Gasteiger partial charge in [0.25, 0.3) is 10.0 Å². The van der Waals surface area contributed by atoms with Gasteiger partial charge >= 0.3 is 0 Å². The Morgan fingerprint density at radius 3 is 2.82 bits per heavy atom. The molecule has 0 radical (unpaired) electrons.